The summed E-state index contributed by atoms with van der Waals surface area (Å²) in [4.78, 5) is 20.8. The molecular formula is C18H25N3O. The summed E-state index contributed by atoms with van der Waals surface area (Å²) in [5, 5.41) is 1.15. The van der Waals surface area contributed by atoms with E-state index < -0.39 is 5.41 Å². The zero-order chi connectivity index (χ0) is 15.7. The molecule has 1 saturated heterocycles. The Kier molecular flexibility index (Phi) is 3.96. The maximum Gasteiger partial charge on any atom is 0.232 e. The Hall–Kier alpha value is -1.81. The number of nitrogens with one attached hydrogen (secondary N) is 1. The molecule has 1 fully saturated rings. The van der Waals surface area contributed by atoms with Crippen molar-refractivity contribution in [1.82, 2.24) is 14.8 Å². The number of benzene rings is 1. The minimum absolute atomic E-state index is 0.230. The summed E-state index contributed by atoms with van der Waals surface area (Å²) in [5.74, 6) is 0.230. The zero-order valence-electron chi connectivity index (χ0n) is 13.7. The molecule has 1 N–H and O–H groups in total. The number of H-pyrrole nitrogens is 1. The van der Waals surface area contributed by atoms with Gasteiger partial charge in [0.15, 0.2) is 0 Å². The van der Waals surface area contributed by atoms with Gasteiger partial charge in [-0.05, 0) is 32.0 Å². The fourth-order valence-electron chi connectivity index (χ4n) is 3.37. The lowest BCUT2D eigenvalue weighted by molar-refractivity contribution is -0.138. The number of aromatic nitrogens is 1. The van der Waals surface area contributed by atoms with E-state index in [-0.39, 0.29) is 5.91 Å². The Bertz CT molecular complexity index is 666. The SMILES string of the molecule is CCN1CCN(C(=O)C(C)(C)c2c[nH]c3ccccc23)CC1. The van der Waals surface area contributed by atoms with Crippen LogP contribution in [0.15, 0.2) is 30.5 Å². The quantitative estimate of drug-likeness (QED) is 0.946. The first-order valence-corrected chi connectivity index (χ1v) is 8.12. The van der Waals surface area contributed by atoms with Gasteiger partial charge in [-0.1, -0.05) is 25.1 Å². The second-order valence-corrected chi connectivity index (χ2v) is 6.60. The van der Waals surface area contributed by atoms with Crippen molar-refractivity contribution in [3.63, 3.8) is 0 Å². The minimum Gasteiger partial charge on any atom is -0.361 e. The van der Waals surface area contributed by atoms with E-state index in [9.17, 15) is 4.79 Å². The molecule has 4 nitrogen and oxygen atoms in total. The largest absolute Gasteiger partial charge is 0.361 e. The number of piperazine rings is 1. The van der Waals surface area contributed by atoms with Crippen LogP contribution in [0.25, 0.3) is 10.9 Å². The summed E-state index contributed by atoms with van der Waals surface area (Å²) in [6.07, 6.45) is 1.99. The molecule has 22 heavy (non-hydrogen) atoms. The average Bonchev–Trinajstić information content (AvgIpc) is 2.99. The summed E-state index contributed by atoms with van der Waals surface area (Å²) < 4.78 is 0. The van der Waals surface area contributed by atoms with Crippen molar-refractivity contribution < 1.29 is 4.79 Å². The van der Waals surface area contributed by atoms with E-state index in [1.54, 1.807) is 0 Å². The maximum absolute atomic E-state index is 13.1. The summed E-state index contributed by atoms with van der Waals surface area (Å²) in [6.45, 7) is 10.9. The fraction of sp³-hybridized carbons (Fsp3) is 0.500. The van der Waals surface area contributed by atoms with Crippen LogP contribution < -0.4 is 0 Å². The van der Waals surface area contributed by atoms with E-state index in [2.05, 4.69) is 28.9 Å². The van der Waals surface area contributed by atoms with Crippen molar-refractivity contribution in [2.24, 2.45) is 0 Å². The molecule has 0 aliphatic carbocycles. The Morgan fingerprint density at radius 1 is 1.18 bits per heavy atom. The third-order valence-electron chi connectivity index (χ3n) is 4.90. The Labute approximate surface area is 132 Å². The van der Waals surface area contributed by atoms with Crippen LogP contribution in [0.4, 0.5) is 0 Å². The number of aromatic amines is 1. The number of carbonyl (C=O) groups is 1. The van der Waals surface area contributed by atoms with Crippen molar-refractivity contribution in [3.8, 4) is 0 Å². The molecule has 1 amide bonds. The van der Waals surface area contributed by atoms with Gasteiger partial charge in [0.25, 0.3) is 0 Å². The van der Waals surface area contributed by atoms with E-state index in [0.717, 1.165) is 49.2 Å². The third kappa shape index (κ3) is 2.52. The number of likely N-dealkylation sites (N-methyl/N-ethyl adjacent to an activating group) is 1. The third-order valence-corrected chi connectivity index (χ3v) is 4.90. The Morgan fingerprint density at radius 3 is 2.55 bits per heavy atom. The molecule has 3 rings (SSSR count). The molecule has 118 valence electrons. The summed E-state index contributed by atoms with van der Waals surface area (Å²) in [7, 11) is 0. The van der Waals surface area contributed by atoms with Gasteiger partial charge in [-0.15, -0.1) is 0 Å². The number of amides is 1. The summed E-state index contributed by atoms with van der Waals surface area (Å²) in [5.41, 5.74) is 1.67. The van der Waals surface area contributed by atoms with Crippen LogP contribution in [0.5, 0.6) is 0 Å². The van der Waals surface area contributed by atoms with Crippen LogP contribution in [0, 0.1) is 0 Å². The van der Waals surface area contributed by atoms with Gasteiger partial charge >= 0.3 is 0 Å². The first-order valence-electron chi connectivity index (χ1n) is 8.12. The molecule has 2 aromatic rings. The lowest BCUT2D eigenvalue weighted by Gasteiger charge is -2.38. The standard InChI is InChI=1S/C18H25N3O/c1-4-20-9-11-21(12-10-20)17(22)18(2,3)15-13-19-16-8-6-5-7-14(15)16/h5-8,13,19H,4,9-12H2,1-3H3. The second kappa shape index (κ2) is 5.76. The molecule has 0 atom stereocenters. The van der Waals surface area contributed by atoms with Crippen LogP contribution in [0.2, 0.25) is 0 Å². The normalized spacial score (nSPS) is 17.1. The minimum atomic E-state index is -0.506. The topological polar surface area (TPSA) is 39.3 Å². The molecule has 0 radical (unpaired) electrons. The number of fused-ring (bicyclic) bond motifs is 1. The lowest BCUT2D eigenvalue weighted by Crippen LogP contribution is -2.53. The second-order valence-electron chi connectivity index (χ2n) is 6.60. The number of hydrogen-bond acceptors (Lipinski definition) is 2. The molecular weight excluding hydrogens is 274 g/mol. The van der Waals surface area contributed by atoms with Gasteiger partial charge in [-0.25, -0.2) is 0 Å². The molecule has 2 heterocycles. The molecule has 1 aromatic heterocycles. The molecule has 1 aromatic carbocycles. The molecule has 1 aliphatic heterocycles. The van der Waals surface area contributed by atoms with Crippen LogP contribution in [0.3, 0.4) is 0 Å². The first kappa shape index (κ1) is 15.1. The Morgan fingerprint density at radius 2 is 1.86 bits per heavy atom. The molecule has 4 heteroatoms. The predicted molar refractivity (Wildman–Crippen MR) is 90.0 cm³/mol. The molecule has 0 unspecified atom stereocenters. The van der Waals surface area contributed by atoms with Gasteiger partial charge in [0, 0.05) is 43.3 Å². The first-order chi connectivity index (χ1) is 10.5. The molecule has 0 saturated carbocycles. The highest BCUT2D eigenvalue weighted by atomic mass is 16.2. The lowest BCUT2D eigenvalue weighted by atomic mass is 9.82. The summed E-state index contributed by atoms with van der Waals surface area (Å²) >= 11 is 0. The molecule has 0 bridgehead atoms. The highest BCUT2D eigenvalue weighted by Crippen LogP contribution is 2.32. The van der Waals surface area contributed by atoms with Crippen LogP contribution in [-0.2, 0) is 10.2 Å². The highest BCUT2D eigenvalue weighted by Gasteiger charge is 2.36. The van der Waals surface area contributed by atoms with Gasteiger partial charge in [0.05, 0.1) is 5.41 Å². The summed E-state index contributed by atoms with van der Waals surface area (Å²) in [6, 6.07) is 8.19. The van der Waals surface area contributed by atoms with Crippen LogP contribution in [-0.4, -0.2) is 53.4 Å². The van der Waals surface area contributed by atoms with Gasteiger partial charge in [0.1, 0.15) is 0 Å². The van der Waals surface area contributed by atoms with Gasteiger partial charge in [0.2, 0.25) is 5.91 Å². The van der Waals surface area contributed by atoms with Crippen LogP contribution >= 0.6 is 0 Å². The maximum atomic E-state index is 13.1. The van der Waals surface area contributed by atoms with Crippen molar-refractivity contribution in [1.29, 1.82) is 0 Å². The van der Waals surface area contributed by atoms with E-state index in [1.165, 1.54) is 0 Å². The number of rotatable bonds is 3. The number of carbonyl (C=O) groups excluding carboxylic acids is 1. The van der Waals surface area contributed by atoms with Crippen molar-refractivity contribution >= 4 is 16.8 Å². The van der Waals surface area contributed by atoms with Gasteiger partial charge in [-0.2, -0.15) is 0 Å². The van der Waals surface area contributed by atoms with Crippen molar-refractivity contribution in [2.45, 2.75) is 26.2 Å². The number of nitrogens with zero attached hydrogens (tertiary/aromatic N) is 2. The monoisotopic (exact) mass is 299 g/mol. The van der Waals surface area contributed by atoms with E-state index in [0.29, 0.717) is 0 Å². The molecule has 1 aliphatic rings. The van der Waals surface area contributed by atoms with Gasteiger partial charge < -0.3 is 14.8 Å². The number of para-hydroxylation sites is 1. The van der Waals surface area contributed by atoms with Crippen molar-refractivity contribution in [2.75, 3.05) is 32.7 Å². The zero-order valence-corrected chi connectivity index (χ0v) is 13.7. The highest BCUT2D eigenvalue weighted by molar-refractivity contribution is 5.94. The fourth-order valence-corrected chi connectivity index (χ4v) is 3.37. The molecule has 0 spiro atoms. The van der Waals surface area contributed by atoms with E-state index in [1.807, 2.05) is 37.1 Å². The predicted octanol–water partition coefficient (Wildman–Crippen LogP) is 2.61. The van der Waals surface area contributed by atoms with Crippen LogP contribution in [0.1, 0.15) is 26.3 Å². The Balaban J connectivity index is 1.84. The van der Waals surface area contributed by atoms with E-state index >= 15 is 0 Å². The van der Waals surface area contributed by atoms with E-state index in [4.69, 9.17) is 0 Å². The van der Waals surface area contributed by atoms with Gasteiger partial charge in [-0.3, -0.25) is 4.79 Å². The average molecular weight is 299 g/mol. The number of hydrogen-bond donors (Lipinski definition) is 1. The smallest absolute Gasteiger partial charge is 0.232 e. The van der Waals surface area contributed by atoms with Crippen molar-refractivity contribution in [3.05, 3.63) is 36.0 Å².